The standard InChI is InChI=1S/C25H28N2O3/c1-3-27(19(2)14-21-11-12-23-24(15-21)30-18-29-23)25(28)22-10-7-13-26(17-22)16-20-8-5-4-6-9-20/h4-9,11-13,15,17,19H,3,10,14,16,18H2,1-2H3. The van der Waals surface area contributed by atoms with Crippen LogP contribution in [-0.4, -0.2) is 35.1 Å². The number of nitrogens with zero attached hydrogens (tertiary/aromatic N) is 2. The molecule has 30 heavy (non-hydrogen) atoms. The molecule has 0 radical (unpaired) electrons. The molecule has 2 aliphatic rings. The van der Waals surface area contributed by atoms with Crippen LogP contribution in [0.2, 0.25) is 0 Å². The summed E-state index contributed by atoms with van der Waals surface area (Å²) in [6, 6.07) is 16.4. The molecular weight excluding hydrogens is 376 g/mol. The molecule has 0 aromatic heterocycles. The molecule has 2 heterocycles. The fourth-order valence-corrected chi connectivity index (χ4v) is 4.01. The van der Waals surface area contributed by atoms with Gasteiger partial charge in [0.2, 0.25) is 6.79 Å². The lowest BCUT2D eigenvalue weighted by molar-refractivity contribution is -0.129. The molecule has 1 unspecified atom stereocenters. The molecule has 5 heteroatoms. The third-order valence-corrected chi connectivity index (χ3v) is 5.54. The van der Waals surface area contributed by atoms with E-state index in [0.29, 0.717) is 13.0 Å². The number of allylic oxidation sites excluding steroid dienone is 1. The Hall–Kier alpha value is -3.21. The Morgan fingerprint density at radius 3 is 2.70 bits per heavy atom. The summed E-state index contributed by atoms with van der Waals surface area (Å²) in [5.41, 5.74) is 3.18. The van der Waals surface area contributed by atoms with Crippen LogP contribution >= 0.6 is 0 Å². The van der Waals surface area contributed by atoms with E-state index in [-0.39, 0.29) is 18.7 Å². The minimum Gasteiger partial charge on any atom is -0.454 e. The number of carbonyl (C=O) groups excluding carboxylic acids is 1. The maximum Gasteiger partial charge on any atom is 0.251 e. The van der Waals surface area contributed by atoms with E-state index >= 15 is 0 Å². The number of amides is 1. The lowest BCUT2D eigenvalue weighted by Gasteiger charge is -2.31. The van der Waals surface area contributed by atoms with Crippen LogP contribution in [0.1, 0.15) is 31.4 Å². The Bertz CT molecular complexity index is 952. The summed E-state index contributed by atoms with van der Waals surface area (Å²) >= 11 is 0. The van der Waals surface area contributed by atoms with E-state index in [1.807, 2.05) is 54.4 Å². The molecule has 1 atom stereocenters. The van der Waals surface area contributed by atoms with Gasteiger partial charge in [0.1, 0.15) is 0 Å². The number of ether oxygens (including phenoxy) is 2. The quantitative estimate of drug-likeness (QED) is 0.682. The lowest BCUT2D eigenvalue weighted by Crippen LogP contribution is -2.41. The van der Waals surface area contributed by atoms with Gasteiger partial charge in [0.05, 0.1) is 0 Å². The van der Waals surface area contributed by atoms with Crippen molar-refractivity contribution in [3.05, 3.63) is 83.7 Å². The molecule has 1 amide bonds. The SMILES string of the molecule is CCN(C(=O)C1=CN(Cc2ccccc2)C=CC1)C(C)Cc1ccc2c(c1)OCO2. The molecule has 2 aromatic carbocycles. The van der Waals surface area contributed by atoms with Gasteiger partial charge in [-0.1, -0.05) is 42.5 Å². The largest absolute Gasteiger partial charge is 0.454 e. The van der Waals surface area contributed by atoms with Gasteiger partial charge in [-0.15, -0.1) is 0 Å². The van der Waals surface area contributed by atoms with Gasteiger partial charge in [0, 0.05) is 37.1 Å². The fourth-order valence-electron chi connectivity index (χ4n) is 4.01. The van der Waals surface area contributed by atoms with Gasteiger partial charge >= 0.3 is 0 Å². The molecular formula is C25H28N2O3. The van der Waals surface area contributed by atoms with Gasteiger partial charge < -0.3 is 19.3 Å². The van der Waals surface area contributed by atoms with E-state index in [2.05, 4.69) is 36.2 Å². The molecule has 0 spiro atoms. The highest BCUT2D eigenvalue weighted by molar-refractivity contribution is 5.94. The zero-order valence-corrected chi connectivity index (χ0v) is 17.6. The van der Waals surface area contributed by atoms with Crippen LogP contribution < -0.4 is 9.47 Å². The first-order valence-electron chi connectivity index (χ1n) is 10.5. The maximum atomic E-state index is 13.3. The van der Waals surface area contributed by atoms with Crippen LogP contribution in [0.5, 0.6) is 11.5 Å². The number of fused-ring (bicyclic) bond motifs is 1. The second kappa shape index (κ2) is 9.08. The number of rotatable bonds is 7. The van der Waals surface area contributed by atoms with Crippen LogP contribution in [0.25, 0.3) is 0 Å². The Morgan fingerprint density at radius 1 is 1.10 bits per heavy atom. The molecule has 0 saturated carbocycles. The summed E-state index contributed by atoms with van der Waals surface area (Å²) in [7, 11) is 0. The minimum absolute atomic E-state index is 0.0808. The average Bonchev–Trinajstić information content (AvgIpc) is 3.23. The number of hydrogen-bond acceptors (Lipinski definition) is 4. The van der Waals surface area contributed by atoms with Gasteiger partial charge in [-0.2, -0.15) is 0 Å². The number of carbonyl (C=O) groups is 1. The highest BCUT2D eigenvalue weighted by Gasteiger charge is 2.24. The van der Waals surface area contributed by atoms with Gasteiger partial charge in [-0.25, -0.2) is 0 Å². The number of likely N-dealkylation sites (N-methyl/N-ethyl adjacent to an activating group) is 1. The van der Waals surface area contributed by atoms with E-state index < -0.39 is 0 Å². The molecule has 2 aliphatic heterocycles. The average molecular weight is 405 g/mol. The predicted molar refractivity (Wildman–Crippen MR) is 117 cm³/mol. The summed E-state index contributed by atoms with van der Waals surface area (Å²) in [5, 5.41) is 0. The maximum absolute atomic E-state index is 13.3. The fraction of sp³-hybridized carbons (Fsp3) is 0.320. The Kier molecular flexibility index (Phi) is 6.07. The van der Waals surface area contributed by atoms with E-state index in [0.717, 1.165) is 35.6 Å². The minimum atomic E-state index is 0.0808. The number of benzene rings is 2. The summed E-state index contributed by atoms with van der Waals surface area (Å²) in [6.45, 7) is 5.84. The summed E-state index contributed by atoms with van der Waals surface area (Å²) in [5.74, 6) is 1.67. The van der Waals surface area contributed by atoms with E-state index in [1.165, 1.54) is 5.56 Å². The van der Waals surface area contributed by atoms with Crippen molar-refractivity contribution in [2.75, 3.05) is 13.3 Å². The van der Waals surface area contributed by atoms with Crippen molar-refractivity contribution in [3.63, 3.8) is 0 Å². The van der Waals surface area contributed by atoms with Crippen molar-refractivity contribution in [1.29, 1.82) is 0 Å². The van der Waals surface area contributed by atoms with Gasteiger partial charge in [0.25, 0.3) is 5.91 Å². The van der Waals surface area contributed by atoms with Crippen LogP contribution in [-0.2, 0) is 17.8 Å². The van der Waals surface area contributed by atoms with Crippen molar-refractivity contribution in [2.45, 2.75) is 39.3 Å². The Labute approximate surface area is 178 Å². The van der Waals surface area contributed by atoms with Crippen molar-refractivity contribution < 1.29 is 14.3 Å². The zero-order chi connectivity index (χ0) is 20.9. The second-order valence-corrected chi connectivity index (χ2v) is 7.73. The molecule has 2 aromatic rings. The van der Waals surface area contributed by atoms with Crippen molar-refractivity contribution >= 4 is 5.91 Å². The highest BCUT2D eigenvalue weighted by atomic mass is 16.7. The normalized spacial score (nSPS) is 15.7. The first-order chi connectivity index (χ1) is 14.6. The molecule has 0 bridgehead atoms. The van der Waals surface area contributed by atoms with Crippen molar-refractivity contribution in [2.24, 2.45) is 0 Å². The first-order valence-corrected chi connectivity index (χ1v) is 10.5. The Balaban J connectivity index is 1.43. The molecule has 4 rings (SSSR count). The summed E-state index contributed by atoms with van der Waals surface area (Å²) < 4.78 is 10.9. The molecule has 156 valence electrons. The molecule has 0 N–H and O–H groups in total. The van der Waals surface area contributed by atoms with Crippen LogP contribution in [0.3, 0.4) is 0 Å². The monoisotopic (exact) mass is 404 g/mol. The molecule has 0 fully saturated rings. The Morgan fingerprint density at radius 2 is 1.90 bits per heavy atom. The van der Waals surface area contributed by atoms with Gasteiger partial charge in [0.15, 0.2) is 11.5 Å². The van der Waals surface area contributed by atoms with Crippen LogP contribution in [0, 0.1) is 0 Å². The van der Waals surface area contributed by atoms with E-state index in [4.69, 9.17) is 9.47 Å². The van der Waals surface area contributed by atoms with Gasteiger partial charge in [-0.05, 0) is 49.9 Å². The third-order valence-electron chi connectivity index (χ3n) is 5.54. The van der Waals surface area contributed by atoms with Crippen molar-refractivity contribution in [3.8, 4) is 11.5 Å². The van der Waals surface area contributed by atoms with E-state index in [1.54, 1.807) is 0 Å². The van der Waals surface area contributed by atoms with Crippen molar-refractivity contribution in [1.82, 2.24) is 9.80 Å². The lowest BCUT2D eigenvalue weighted by atomic mass is 10.0. The van der Waals surface area contributed by atoms with Crippen LogP contribution in [0.4, 0.5) is 0 Å². The smallest absolute Gasteiger partial charge is 0.251 e. The van der Waals surface area contributed by atoms with E-state index in [9.17, 15) is 4.79 Å². The molecule has 0 saturated heterocycles. The zero-order valence-electron chi connectivity index (χ0n) is 17.6. The molecule has 5 nitrogen and oxygen atoms in total. The van der Waals surface area contributed by atoms with Gasteiger partial charge in [-0.3, -0.25) is 4.79 Å². The third kappa shape index (κ3) is 4.51. The second-order valence-electron chi connectivity index (χ2n) is 7.73. The molecule has 0 aliphatic carbocycles. The summed E-state index contributed by atoms with van der Waals surface area (Å²) in [6.07, 6.45) is 7.54. The highest BCUT2D eigenvalue weighted by Crippen LogP contribution is 2.33. The predicted octanol–water partition coefficient (Wildman–Crippen LogP) is 4.50. The first kappa shape index (κ1) is 20.1. The summed E-state index contributed by atoms with van der Waals surface area (Å²) in [4.78, 5) is 17.3. The van der Waals surface area contributed by atoms with Crippen LogP contribution in [0.15, 0.2) is 72.6 Å². The topological polar surface area (TPSA) is 42.0 Å². The number of hydrogen-bond donors (Lipinski definition) is 0.